The van der Waals surface area contributed by atoms with E-state index in [9.17, 15) is 0 Å². The summed E-state index contributed by atoms with van der Waals surface area (Å²) in [7, 11) is 1.81. The molecule has 0 aliphatic rings. The fourth-order valence-corrected chi connectivity index (χ4v) is 3.46. The van der Waals surface area contributed by atoms with E-state index in [2.05, 4.69) is 70.1 Å². The number of aromatic amines is 1. The number of halogens is 1. The van der Waals surface area contributed by atoms with Crippen molar-refractivity contribution in [2.75, 3.05) is 13.6 Å². The lowest BCUT2D eigenvalue weighted by molar-refractivity contribution is 0.801. The minimum atomic E-state index is 0. The van der Waals surface area contributed by atoms with Gasteiger partial charge >= 0.3 is 0 Å². The van der Waals surface area contributed by atoms with Crippen LogP contribution in [-0.2, 0) is 13.0 Å². The van der Waals surface area contributed by atoms with Gasteiger partial charge in [0.2, 0.25) is 0 Å². The molecule has 24 heavy (non-hydrogen) atoms. The Kier molecular flexibility index (Phi) is 7.11. The summed E-state index contributed by atoms with van der Waals surface area (Å²) in [5.41, 5.74) is 2.52. The van der Waals surface area contributed by atoms with Crippen molar-refractivity contribution in [2.45, 2.75) is 19.9 Å². The van der Waals surface area contributed by atoms with E-state index in [0.717, 1.165) is 25.5 Å². The van der Waals surface area contributed by atoms with Gasteiger partial charge in [0, 0.05) is 40.4 Å². The molecular weight excluding hydrogens is 431 g/mol. The van der Waals surface area contributed by atoms with E-state index in [1.807, 2.05) is 11.3 Å². The molecule has 2 heterocycles. The molecule has 3 aromatic rings. The molecule has 1 aromatic carbocycles. The zero-order chi connectivity index (χ0) is 16.1. The van der Waals surface area contributed by atoms with Crippen LogP contribution in [0.5, 0.6) is 0 Å². The van der Waals surface area contributed by atoms with E-state index in [1.54, 1.807) is 7.05 Å². The van der Waals surface area contributed by atoms with E-state index >= 15 is 0 Å². The molecule has 0 atom stereocenters. The summed E-state index contributed by atoms with van der Waals surface area (Å²) in [5, 5.41) is 8.03. The zero-order valence-corrected chi connectivity index (χ0v) is 17.1. The normalized spacial score (nSPS) is 11.3. The minimum absolute atomic E-state index is 0. The topological polar surface area (TPSA) is 52.2 Å². The summed E-state index contributed by atoms with van der Waals surface area (Å²) in [6.45, 7) is 3.79. The summed E-state index contributed by atoms with van der Waals surface area (Å²) in [6, 6.07) is 12.7. The van der Waals surface area contributed by atoms with E-state index in [-0.39, 0.29) is 24.0 Å². The molecule has 0 spiro atoms. The molecule has 3 N–H and O–H groups in total. The number of rotatable bonds is 5. The van der Waals surface area contributed by atoms with Crippen LogP contribution in [0.15, 0.2) is 47.6 Å². The molecule has 0 unspecified atom stereocenters. The monoisotopic (exact) mass is 454 g/mol. The predicted octanol–water partition coefficient (Wildman–Crippen LogP) is 4.06. The largest absolute Gasteiger partial charge is 0.361 e. The van der Waals surface area contributed by atoms with Crippen molar-refractivity contribution in [1.29, 1.82) is 0 Å². The first-order valence-electron chi connectivity index (χ1n) is 7.81. The average molecular weight is 454 g/mol. The van der Waals surface area contributed by atoms with Gasteiger partial charge in [0.25, 0.3) is 0 Å². The number of guanidine groups is 1. The van der Waals surface area contributed by atoms with Crippen LogP contribution in [-0.4, -0.2) is 24.5 Å². The molecule has 6 heteroatoms. The van der Waals surface area contributed by atoms with Gasteiger partial charge in [-0.3, -0.25) is 4.99 Å². The van der Waals surface area contributed by atoms with Crippen molar-refractivity contribution in [3.8, 4) is 0 Å². The number of aromatic nitrogens is 1. The number of para-hydroxylation sites is 1. The highest BCUT2D eigenvalue weighted by Crippen LogP contribution is 2.17. The van der Waals surface area contributed by atoms with Crippen molar-refractivity contribution in [2.24, 2.45) is 4.99 Å². The smallest absolute Gasteiger partial charge is 0.191 e. The Balaban J connectivity index is 0.00000208. The Bertz CT molecular complexity index is 806. The van der Waals surface area contributed by atoms with Crippen LogP contribution in [0.25, 0.3) is 10.9 Å². The fraction of sp³-hybridized carbons (Fsp3) is 0.278. The summed E-state index contributed by atoms with van der Waals surface area (Å²) in [5.74, 6) is 0.843. The second-order valence-corrected chi connectivity index (χ2v) is 6.85. The highest BCUT2D eigenvalue weighted by atomic mass is 127. The molecule has 0 saturated heterocycles. The molecule has 2 aromatic heterocycles. The van der Waals surface area contributed by atoms with Gasteiger partial charge in [-0.2, -0.15) is 0 Å². The minimum Gasteiger partial charge on any atom is -0.361 e. The third-order valence-corrected chi connectivity index (χ3v) is 4.81. The molecule has 0 fully saturated rings. The van der Waals surface area contributed by atoms with Gasteiger partial charge in [-0.25, -0.2) is 0 Å². The van der Waals surface area contributed by atoms with Crippen molar-refractivity contribution in [3.05, 3.63) is 57.9 Å². The van der Waals surface area contributed by atoms with Crippen molar-refractivity contribution in [1.82, 2.24) is 15.6 Å². The van der Waals surface area contributed by atoms with Crippen LogP contribution in [0.3, 0.4) is 0 Å². The number of fused-ring (bicyclic) bond motifs is 1. The zero-order valence-electron chi connectivity index (χ0n) is 13.9. The van der Waals surface area contributed by atoms with E-state index < -0.39 is 0 Å². The number of H-pyrrole nitrogens is 1. The maximum atomic E-state index is 4.28. The summed E-state index contributed by atoms with van der Waals surface area (Å²) >= 11 is 1.81. The van der Waals surface area contributed by atoms with Gasteiger partial charge in [0.1, 0.15) is 0 Å². The Labute approximate surface area is 163 Å². The SMILES string of the molecule is CN=C(NCCc1c[nH]c2ccccc12)NCc1ccc(C)s1.I. The Morgan fingerprint density at radius 1 is 1.17 bits per heavy atom. The number of hydrogen-bond acceptors (Lipinski definition) is 2. The Morgan fingerprint density at radius 3 is 2.75 bits per heavy atom. The van der Waals surface area contributed by atoms with Crippen LogP contribution in [0.1, 0.15) is 15.3 Å². The number of nitrogens with one attached hydrogen (secondary N) is 3. The van der Waals surface area contributed by atoms with Gasteiger partial charge in [0.05, 0.1) is 6.54 Å². The number of thiophene rings is 1. The molecule has 3 rings (SSSR count). The lowest BCUT2D eigenvalue weighted by atomic mass is 10.1. The van der Waals surface area contributed by atoms with E-state index in [0.29, 0.717) is 0 Å². The standard InChI is InChI=1S/C18H22N4S.HI/c1-13-7-8-15(23-13)12-22-18(19-2)20-10-9-14-11-21-17-6-4-3-5-16(14)17;/h3-8,11,21H,9-10,12H2,1-2H3,(H2,19,20,22);1H. The Morgan fingerprint density at radius 2 is 2.00 bits per heavy atom. The quantitative estimate of drug-likeness (QED) is 0.310. The molecule has 0 amide bonds. The van der Waals surface area contributed by atoms with Gasteiger partial charge in [-0.15, -0.1) is 35.3 Å². The van der Waals surface area contributed by atoms with Crippen LogP contribution < -0.4 is 10.6 Å². The van der Waals surface area contributed by atoms with Crippen LogP contribution in [0.4, 0.5) is 0 Å². The molecule has 0 bridgehead atoms. The van der Waals surface area contributed by atoms with Gasteiger partial charge in [-0.1, -0.05) is 18.2 Å². The van der Waals surface area contributed by atoms with Crippen LogP contribution in [0.2, 0.25) is 0 Å². The number of hydrogen-bond donors (Lipinski definition) is 3. The average Bonchev–Trinajstić information content (AvgIpc) is 3.17. The van der Waals surface area contributed by atoms with Crippen molar-refractivity contribution in [3.63, 3.8) is 0 Å². The summed E-state index contributed by atoms with van der Waals surface area (Å²) in [6.07, 6.45) is 3.06. The van der Waals surface area contributed by atoms with Crippen molar-refractivity contribution >= 4 is 52.2 Å². The molecule has 0 radical (unpaired) electrons. The Hall–Kier alpha value is -1.54. The molecule has 4 nitrogen and oxygen atoms in total. The molecule has 128 valence electrons. The first kappa shape index (κ1) is 18.8. The lowest BCUT2D eigenvalue weighted by Gasteiger charge is -2.11. The molecule has 0 aliphatic carbocycles. The van der Waals surface area contributed by atoms with Crippen LogP contribution in [0, 0.1) is 6.92 Å². The number of aliphatic imine (C=N–C) groups is 1. The highest BCUT2D eigenvalue weighted by molar-refractivity contribution is 14.0. The lowest BCUT2D eigenvalue weighted by Crippen LogP contribution is -2.37. The molecule has 0 saturated carbocycles. The number of aryl methyl sites for hydroxylation is 1. The second-order valence-electron chi connectivity index (χ2n) is 5.47. The number of benzene rings is 1. The maximum absolute atomic E-state index is 4.28. The molecule has 0 aliphatic heterocycles. The predicted molar refractivity (Wildman–Crippen MR) is 115 cm³/mol. The third-order valence-electron chi connectivity index (χ3n) is 3.81. The van der Waals surface area contributed by atoms with E-state index in [4.69, 9.17) is 0 Å². The number of nitrogens with zero attached hydrogens (tertiary/aromatic N) is 1. The second kappa shape index (κ2) is 9.08. The first-order chi connectivity index (χ1) is 11.3. The highest BCUT2D eigenvalue weighted by Gasteiger charge is 2.04. The van der Waals surface area contributed by atoms with Gasteiger partial charge in [-0.05, 0) is 37.1 Å². The fourth-order valence-electron chi connectivity index (χ4n) is 2.63. The van der Waals surface area contributed by atoms with E-state index in [1.165, 1.54) is 26.2 Å². The molecular formula is C18H23IN4S. The maximum Gasteiger partial charge on any atom is 0.191 e. The summed E-state index contributed by atoms with van der Waals surface area (Å²) in [4.78, 5) is 10.3. The van der Waals surface area contributed by atoms with Crippen molar-refractivity contribution < 1.29 is 0 Å². The third kappa shape index (κ3) is 4.73. The van der Waals surface area contributed by atoms with Gasteiger partial charge in [0.15, 0.2) is 5.96 Å². The van der Waals surface area contributed by atoms with Crippen LogP contribution >= 0.6 is 35.3 Å². The summed E-state index contributed by atoms with van der Waals surface area (Å²) < 4.78 is 0. The first-order valence-corrected chi connectivity index (χ1v) is 8.63. The van der Waals surface area contributed by atoms with Gasteiger partial charge < -0.3 is 15.6 Å².